The summed E-state index contributed by atoms with van der Waals surface area (Å²) in [5.41, 5.74) is 0.0739. The number of hydrogen-bond acceptors (Lipinski definition) is 5. The Hall–Kier alpha value is -2.81. The second-order valence-electron chi connectivity index (χ2n) is 6.26. The van der Waals surface area contributed by atoms with Crippen LogP contribution in [-0.4, -0.2) is 53.6 Å². The van der Waals surface area contributed by atoms with Crippen molar-refractivity contribution in [1.82, 2.24) is 9.88 Å². The number of nitrogens with one attached hydrogen (secondary N) is 1. The van der Waals surface area contributed by atoms with Crippen molar-refractivity contribution in [2.75, 3.05) is 42.9 Å². The number of rotatable bonds is 4. The van der Waals surface area contributed by atoms with Gasteiger partial charge in [0.15, 0.2) is 0 Å². The number of nitrogens with zero attached hydrogens (tertiary/aromatic N) is 3. The fraction of sp³-hybridized carbons (Fsp3) is 0.333. The lowest BCUT2D eigenvalue weighted by molar-refractivity contribution is -0.137. The number of halogens is 3. The van der Waals surface area contributed by atoms with Crippen molar-refractivity contribution in [3.05, 3.63) is 48.2 Å². The molecule has 1 aromatic heterocycles. The molecule has 1 fully saturated rings. The summed E-state index contributed by atoms with van der Waals surface area (Å²) in [6.07, 6.45) is -3.09. The molecule has 0 aliphatic carbocycles. The number of pyridine rings is 1. The van der Waals surface area contributed by atoms with Crippen LogP contribution in [0.2, 0.25) is 0 Å². The van der Waals surface area contributed by atoms with E-state index in [9.17, 15) is 23.1 Å². The standard InChI is InChI=1S/C18H19F3N4O2/c19-18(20,21)13-1-3-14(4-2-13)25-9-7-24(8-10-25)12-17(27)23-16-6-5-15(26)11-22-16/h1-6,11,26H,7-10,12H2,(H,22,23,27). The van der Waals surface area contributed by atoms with E-state index in [1.54, 1.807) is 0 Å². The van der Waals surface area contributed by atoms with E-state index >= 15 is 0 Å². The van der Waals surface area contributed by atoms with Crippen molar-refractivity contribution >= 4 is 17.4 Å². The molecule has 1 saturated heterocycles. The number of anilines is 2. The molecular formula is C18H19F3N4O2. The molecule has 27 heavy (non-hydrogen) atoms. The Morgan fingerprint density at radius 2 is 1.74 bits per heavy atom. The van der Waals surface area contributed by atoms with Crippen LogP contribution < -0.4 is 10.2 Å². The molecule has 0 atom stereocenters. The number of alkyl halides is 3. The third-order valence-corrected chi connectivity index (χ3v) is 4.31. The molecule has 1 amide bonds. The lowest BCUT2D eigenvalue weighted by Gasteiger charge is -2.35. The van der Waals surface area contributed by atoms with E-state index in [1.807, 2.05) is 9.80 Å². The van der Waals surface area contributed by atoms with E-state index in [1.165, 1.54) is 30.5 Å². The quantitative estimate of drug-likeness (QED) is 0.853. The summed E-state index contributed by atoms with van der Waals surface area (Å²) in [5.74, 6) is 0.171. The third-order valence-electron chi connectivity index (χ3n) is 4.31. The summed E-state index contributed by atoms with van der Waals surface area (Å²) < 4.78 is 37.9. The molecule has 0 saturated carbocycles. The highest BCUT2D eigenvalue weighted by atomic mass is 19.4. The molecule has 1 aliphatic rings. The fourth-order valence-corrected chi connectivity index (χ4v) is 2.87. The van der Waals surface area contributed by atoms with Gasteiger partial charge in [-0.3, -0.25) is 9.69 Å². The summed E-state index contributed by atoms with van der Waals surface area (Å²) in [4.78, 5) is 19.9. The van der Waals surface area contributed by atoms with Gasteiger partial charge in [-0.05, 0) is 36.4 Å². The number of carbonyl (C=O) groups is 1. The molecule has 144 valence electrons. The van der Waals surface area contributed by atoms with Crippen molar-refractivity contribution in [2.45, 2.75) is 6.18 Å². The number of aromatic hydroxyl groups is 1. The first-order valence-corrected chi connectivity index (χ1v) is 8.41. The van der Waals surface area contributed by atoms with Crippen LogP contribution >= 0.6 is 0 Å². The van der Waals surface area contributed by atoms with Crippen molar-refractivity contribution in [2.24, 2.45) is 0 Å². The molecule has 0 bridgehead atoms. The van der Waals surface area contributed by atoms with Gasteiger partial charge in [0.25, 0.3) is 0 Å². The molecule has 2 heterocycles. The molecule has 9 heteroatoms. The Labute approximate surface area is 154 Å². The van der Waals surface area contributed by atoms with Gasteiger partial charge >= 0.3 is 6.18 Å². The number of hydrogen-bond donors (Lipinski definition) is 2. The first-order chi connectivity index (χ1) is 12.8. The Balaban J connectivity index is 1.48. The second kappa shape index (κ2) is 7.83. The largest absolute Gasteiger partial charge is 0.506 e. The van der Waals surface area contributed by atoms with Gasteiger partial charge in [-0.15, -0.1) is 0 Å². The summed E-state index contributed by atoms with van der Waals surface area (Å²) in [5, 5.41) is 11.8. The van der Waals surface area contributed by atoms with E-state index in [2.05, 4.69) is 10.3 Å². The predicted octanol–water partition coefficient (Wildman–Crippen LogP) is 2.57. The van der Waals surface area contributed by atoms with Gasteiger partial charge in [-0.25, -0.2) is 4.98 Å². The average Bonchev–Trinajstić information content (AvgIpc) is 2.64. The molecule has 3 rings (SSSR count). The average molecular weight is 380 g/mol. The highest BCUT2D eigenvalue weighted by Crippen LogP contribution is 2.30. The van der Waals surface area contributed by atoms with Crippen LogP contribution in [0.15, 0.2) is 42.6 Å². The predicted molar refractivity (Wildman–Crippen MR) is 94.6 cm³/mol. The zero-order valence-corrected chi connectivity index (χ0v) is 14.4. The summed E-state index contributed by atoms with van der Waals surface area (Å²) >= 11 is 0. The molecular weight excluding hydrogens is 361 g/mol. The van der Waals surface area contributed by atoms with Gasteiger partial charge in [-0.1, -0.05) is 0 Å². The highest BCUT2D eigenvalue weighted by molar-refractivity contribution is 5.91. The van der Waals surface area contributed by atoms with Crippen LogP contribution in [0.4, 0.5) is 24.7 Å². The number of amides is 1. The lowest BCUT2D eigenvalue weighted by atomic mass is 10.1. The zero-order valence-electron chi connectivity index (χ0n) is 14.4. The molecule has 2 N–H and O–H groups in total. The smallest absolute Gasteiger partial charge is 0.416 e. The Morgan fingerprint density at radius 1 is 1.07 bits per heavy atom. The maximum Gasteiger partial charge on any atom is 0.416 e. The lowest BCUT2D eigenvalue weighted by Crippen LogP contribution is -2.48. The molecule has 0 spiro atoms. The van der Waals surface area contributed by atoms with Gasteiger partial charge in [-0.2, -0.15) is 13.2 Å². The Bertz CT molecular complexity index is 771. The minimum atomic E-state index is -4.34. The van der Waals surface area contributed by atoms with E-state index in [4.69, 9.17) is 0 Å². The number of carbonyl (C=O) groups excluding carboxylic acids is 1. The highest BCUT2D eigenvalue weighted by Gasteiger charge is 2.30. The van der Waals surface area contributed by atoms with E-state index in [-0.39, 0.29) is 18.2 Å². The van der Waals surface area contributed by atoms with Crippen LogP contribution in [0.5, 0.6) is 5.75 Å². The Kier molecular flexibility index (Phi) is 5.50. The van der Waals surface area contributed by atoms with Gasteiger partial charge in [0.1, 0.15) is 11.6 Å². The fourth-order valence-electron chi connectivity index (χ4n) is 2.87. The zero-order chi connectivity index (χ0) is 19.4. The van der Waals surface area contributed by atoms with Gasteiger partial charge < -0.3 is 15.3 Å². The van der Waals surface area contributed by atoms with Crippen LogP contribution in [0, 0.1) is 0 Å². The number of benzene rings is 1. The molecule has 1 aliphatic heterocycles. The van der Waals surface area contributed by atoms with E-state index < -0.39 is 11.7 Å². The van der Waals surface area contributed by atoms with Crippen LogP contribution in [-0.2, 0) is 11.0 Å². The molecule has 0 unspecified atom stereocenters. The number of aromatic nitrogens is 1. The SMILES string of the molecule is O=C(CN1CCN(c2ccc(C(F)(F)F)cc2)CC1)Nc1ccc(O)cn1. The van der Waals surface area contributed by atoms with E-state index in [0.717, 1.165) is 17.8 Å². The van der Waals surface area contributed by atoms with Crippen molar-refractivity contribution in [3.8, 4) is 5.75 Å². The topological polar surface area (TPSA) is 68.7 Å². The van der Waals surface area contributed by atoms with Gasteiger partial charge in [0, 0.05) is 31.9 Å². The van der Waals surface area contributed by atoms with E-state index in [0.29, 0.717) is 32.0 Å². The van der Waals surface area contributed by atoms with Crippen molar-refractivity contribution < 1.29 is 23.1 Å². The molecule has 2 aromatic rings. The monoisotopic (exact) mass is 380 g/mol. The molecule has 0 radical (unpaired) electrons. The van der Waals surface area contributed by atoms with Gasteiger partial charge in [0.05, 0.1) is 18.3 Å². The summed E-state index contributed by atoms with van der Waals surface area (Å²) in [7, 11) is 0. The van der Waals surface area contributed by atoms with Crippen LogP contribution in [0.3, 0.4) is 0 Å². The minimum Gasteiger partial charge on any atom is -0.506 e. The molecule has 6 nitrogen and oxygen atoms in total. The van der Waals surface area contributed by atoms with Crippen molar-refractivity contribution in [1.29, 1.82) is 0 Å². The Morgan fingerprint density at radius 3 is 2.30 bits per heavy atom. The van der Waals surface area contributed by atoms with Crippen LogP contribution in [0.1, 0.15) is 5.56 Å². The molecule has 1 aromatic carbocycles. The summed E-state index contributed by atoms with van der Waals surface area (Å²) in [6.45, 7) is 2.69. The maximum atomic E-state index is 12.6. The minimum absolute atomic E-state index is 0.0207. The second-order valence-corrected chi connectivity index (χ2v) is 6.26. The normalized spacial score (nSPS) is 15.6. The first kappa shape index (κ1) is 19.0. The third kappa shape index (κ3) is 5.10. The van der Waals surface area contributed by atoms with Crippen molar-refractivity contribution in [3.63, 3.8) is 0 Å². The maximum absolute atomic E-state index is 12.6. The number of piperazine rings is 1. The van der Waals surface area contributed by atoms with Crippen LogP contribution in [0.25, 0.3) is 0 Å². The summed E-state index contributed by atoms with van der Waals surface area (Å²) in [6, 6.07) is 8.06. The van der Waals surface area contributed by atoms with Gasteiger partial charge in [0.2, 0.25) is 5.91 Å². The first-order valence-electron chi connectivity index (χ1n) is 8.41.